The summed E-state index contributed by atoms with van der Waals surface area (Å²) in [5.41, 5.74) is 2.02. The van der Waals surface area contributed by atoms with E-state index < -0.39 is 0 Å². The number of benzene rings is 2. The summed E-state index contributed by atoms with van der Waals surface area (Å²) in [5, 5.41) is 0. The molecule has 1 aliphatic rings. The van der Waals surface area contributed by atoms with E-state index in [-0.39, 0.29) is 17.8 Å². The molecule has 2 aromatic carbocycles. The van der Waals surface area contributed by atoms with Gasteiger partial charge in [0, 0.05) is 46.3 Å². The van der Waals surface area contributed by atoms with Crippen LogP contribution in [-0.4, -0.2) is 66.4 Å². The summed E-state index contributed by atoms with van der Waals surface area (Å²) in [5.74, 6) is -0.194. The van der Waals surface area contributed by atoms with Gasteiger partial charge in [0.1, 0.15) is 5.82 Å². The Labute approximate surface area is 173 Å². The Kier molecular flexibility index (Phi) is 7.55. The van der Waals surface area contributed by atoms with Crippen LogP contribution >= 0.6 is 0 Å². The third kappa shape index (κ3) is 6.24. The Hall–Kier alpha value is -2.50. The standard InChI is InChI=1S/C24H30FN3O/c1-20(24(29)26(2)19-22-10-6-12-23(25)18-22)28-16-14-27(15-17-28)13-7-11-21-8-4-3-5-9-21/h3-12,18,20H,13-17,19H2,1-2H3/b11-7+/t20-/m1/s1. The van der Waals surface area contributed by atoms with Gasteiger partial charge in [0.15, 0.2) is 0 Å². The van der Waals surface area contributed by atoms with Gasteiger partial charge >= 0.3 is 0 Å². The molecule has 1 amide bonds. The van der Waals surface area contributed by atoms with Gasteiger partial charge in [-0.2, -0.15) is 0 Å². The molecule has 1 aliphatic heterocycles. The van der Waals surface area contributed by atoms with E-state index in [2.05, 4.69) is 34.1 Å². The maximum Gasteiger partial charge on any atom is 0.239 e. The maximum absolute atomic E-state index is 13.4. The summed E-state index contributed by atoms with van der Waals surface area (Å²) in [6.07, 6.45) is 4.35. The largest absolute Gasteiger partial charge is 0.340 e. The molecular formula is C24H30FN3O. The van der Waals surface area contributed by atoms with Crippen LogP contribution in [0.1, 0.15) is 18.1 Å². The van der Waals surface area contributed by atoms with E-state index in [1.165, 1.54) is 17.7 Å². The normalized spacial score (nSPS) is 16.8. The minimum atomic E-state index is -0.270. The van der Waals surface area contributed by atoms with Crippen molar-refractivity contribution in [2.75, 3.05) is 39.8 Å². The molecule has 0 radical (unpaired) electrons. The number of hydrogen-bond donors (Lipinski definition) is 0. The molecule has 29 heavy (non-hydrogen) atoms. The highest BCUT2D eigenvalue weighted by molar-refractivity contribution is 5.81. The van der Waals surface area contributed by atoms with Gasteiger partial charge < -0.3 is 4.90 Å². The van der Waals surface area contributed by atoms with Crippen molar-refractivity contribution in [1.82, 2.24) is 14.7 Å². The number of carbonyl (C=O) groups excluding carboxylic acids is 1. The zero-order valence-electron chi connectivity index (χ0n) is 17.3. The van der Waals surface area contributed by atoms with Crippen LogP contribution in [0.5, 0.6) is 0 Å². The van der Waals surface area contributed by atoms with Crippen molar-refractivity contribution in [3.8, 4) is 0 Å². The quantitative estimate of drug-likeness (QED) is 0.718. The van der Waals surface area contributed by atoms with E-state index in [1.807, 2.05) is 31.2 Å². The molecular weight excluding hydrogens is 365 g/mol. The molecule has 5 heteroatoms. The molecule has 0 aromatic heterocycles. The van der Waals surface area contributed by atoms with Crippen LogP contribution in [0, 0.1) is 5.82 Å². The molecule has 0 aliphatic carbocycles. The van der Waals surface area contributed by atoms with E-state index in [1.54, 1.807) is 18.0 Å². The lowest BCUT2D eigenvalue weighted by molar-refractivity contribution is -0.136. The third-order valence-corrected chi connectivity index (χ3v) is 5.47. The van der Waals surface area contributed by atoms with E-state index >= 15 is 0 Å². The van der Waals surface area contributed by atoms with Gasteiger partial charge in [-0.05, 0) is 30.2 Å². The molecule has 1 saturated heterocycles. The summed E-state index contributed by atoms with van der Waals surface area (Å²) >= 11 is 0. The highest BCUT2D eigenvalue weighted by atomic mass is 19.1. The number of carbonyl (C=O) groups is 1. The fourth-order valence-corrected chi connectivity index (χ4v) is 3.70. The SMILES string of the molecule is C[C@H](C(=O)N(C)Cc1cccc(F)c1)N1CCN(C/C=C/c2ccccc2)CC1. The first-order valence-electron chi connectivity index (χ1n) is 10.2. The molecule has 3 rings (SSSR count). The molecule has 4 nitrogen and oxygen atoms in total. The van der Waals surface area contributed by atoms with Gasteiger partial charge in [-0.3, -0.25) is 14.6 Å². The van der Waals surface area contributed by atoms with E-state index in [4.69, 9.17) is 0 Å². The van der Waals surface area contributed by atoms with Gasteiger partial charge in [-0.15, -0.1) is 0 Å². The fourth-order valence-electron chi connectivity index (χ4n) is 3.70. The second-order valence-electron chi connectivity index (χ2n) is 7.65. The van der Waals surface area contributed by atoms with E-state index in [9.17, 15) is 9.18 Å². The van der Waals surface area contributed by atoms with Crippen LogP contribution < -0.4 is 0 Å². The van der Waals surface area contributed by atoms with Crippen LogP contribution in [0.15, 0.2) is 60.7 Å². The van der Waals surface area contributed by atoms with Gasteiger partial charge in [0.2, 0.25) is 5.91 Å². The number of halogens is 1. The first-order valence-corrected chi connectivity index (χ1v) is 10.2. The van der Waals surface area contributed by atoms with Gasteiger partial charge in [0.25, 0.3) is 0 Å². The Morgan fingerprint density at radius 2 is 1.83 bits per heavy atom. The van der Waals surface area contributed by atoms with Crippen molar-refractivity contribution < 1.29 is 9.18 Å². The summed E-state index contributed by atoms with van der Waals surface area (Å²) < 4.78 is 13.4. The van der Waals surface area contributed by atoms with Crippen molar-refractivity contribution in [2.45, 2.75) is 19.5 Å². The topological polar surface area (TPSA) is 26.8 Å². The smallest absolute Gasteiger partial charge is 0.239 e. The fraction of sp³-hybridized carbons (Fsp3) is 0.375. The predicted molar refractivity (Wildman–Crippen MR) is 116 cm³/mol. The third-order valence-electron chi connectivity index (χ3n) is 5.47. The second kappa shape index (κ2) is 10.3. The van der Waals surface area contributed by atoms with Crippen molar-refractivity contribution >= 4 is 12.0 Å². The average Bonchev–Trinajstić information content (AvgIpc) is 2.74. The molecule has 0 saturated carbocycles. The second-order valence-corrected chi connectivity index (χ2v) is 7.65. The summed E-state index contributed by atoms with van der Waals surface area (Å²) in [4.78, 5) is 19.1. The summed E-state index contributed by atoms with van der Waals surface area (Å²) in [6, 6.07) is 16.6. The molecule has 1 fully saturated rings. The lowest BCUT2D eigenvalue weighted by Gasteiger charge is -2.38. The van der Waals surface area contributed by atoms with E-state index in [0.717, 1.165) is 38.3 Å². The summed E-state index contributed by atoms with van der Waals surface area (Å²) in [7, 11) is 1.79. The number of likely N-dealkylation sites (N-methyl/N-ethyl adjacent to an activating group) is 1. The Morgan fingerprint density at radius 1 is 1.10 bits per heavy atom. The minimum absolute atomic E-state index is 0.0756. The van der Waals surface area contributed by atoms with Crippen molar-refractivity contribution in [1.29, 1.82) is 0 Å². The molecule has 154 valence electrons. The molecule has 1 atom stereocenters. The minimum Gasteiger partial charge on any atom is -0.340 e. The van der Waals surface area contributed by atoms with Crippen molar-refractivity contribution in [3.05, 3.63) is 77.6 Å². The maximum atomic E-state index is 13.4. The van der Waals surface area contributed by atoms with Crippen LogP contribution in [0.25, 0.3) is 6.08 Å². The monoisotopic (exact) mass is 395 g/mol. The Morgan fingerprint density at radius 3 is 2.52 bits per heavy atom. The lowest BCUT2D eigenvalue weighted by Crippen LogP contribution is -2.53. The number of nitrogens with zero attached hydrogens (tertiary/aromatic N) is 3. The molecule has 0 N–H and O–H groups in total. The molecule has 0 unspecified atom stereocenters. The Bertz CT molecular complexity index is 816. The number of amides is 1. The van der Waals surface area contributed by atoms with Crippen LogP contribution in [0.3, 0.4) is 0 Å². The van der Waals surface area contributed by atoms with Crippen molar-refractivity contribution in [2.24, 2.45) is 0 Å². The average molecular weight is 396 g/mol. The summed E-state index contributed by atoms with van der Waals surface area (Å²) in [6.45, 7) is 6.96. The number of rotatable bonds is 7. The van der Waals surface area contributed by atoms with Gasteiger partial charge in [-0.25, -0.2) is 4.39 Å². The molecule has 0 bridgehead atoms. The molecule has 0 spiro atoms. The van der Waals surface area contributed by atoms with Crippen molar-refractivity contribution in [3.63, 3.8) is 0 Å². The first-order chi connectivity index (χ1) is 14.0. The predicted octanol–water partition coefficient (Wildman–Crippen LogP) is 3.50. The Balaban J connectivity index is 1.44. The first kappa shape index (κ1) is 21.2. The number of piperazine rings is 1. The van der Waals surface area contributed by atoms with Crippen LogP contribution in [0.4, 0.5) is 4.39 Å². The highest BCUT2D eigenvalue weighted by Crippen LogP contribution is 2.12. The van der Waals surface area contributed by atoms with E-state index in [0.29, 0.717) is 6.54 Å². The highest BCUT2D eigenvalue weighted by Gasteiger charge is 2.27. The van der Waals surface area contributed by atoms with Crippen LogP contribution in [0.2, 0.25) is 0 Å². The molecule has 1 heterocycles. The van der Waals surface area contributed by atoms with Crippen LogP contribution in [-0.2, 0) is 11.3 Å². The van der Waals surface area contributed by atoms with Gasteiger partial charge in [-0.1, -0.05) is 54.6 Å². The zero-order valence-corrected chi connectivity index (χ0v) is 17.3. The van der Waals surface area contributed by atoms with Gasteiger partial charge in [0.05, 0.1) is 6.04 Å². The molecule has 2 aromatic rings. The number of hydrogen-bond acceptors (Lipinski definition) is 3. The lowest BCUT2D eigenvalue weighted by atomic mass is 10.1. The zero-order chi connectivity index (χ0) is 20.6.